The lowest BCUT2D eigenvalue weighted by molar-refractivity contribution is -0.139. The molecule has 2 rings (SSSR count). The number of nitrogens with one attached hydrogen (secondary N) is 2. The van der Waals surface area contributed by atoms with E-state index in [0.717, 1.165) is 17.5 Å². The molecule has 0 spiro atoms. The fourth-order valence-corrected chi connectivity index (χ4v) is 2.49. The second-order valence-electron chi connectivity index (χ2n) is 7.05. The first-order chi connectivity index (χ1) is 12.2. The Balaban J connectivity index is 2.16. The summed E-state index contributed by atoms with van der Waals surface area (Å²) >= 11 is 0. The summed E-state index contributed by atoms with van der Waals surface area (Å²) in [7, 11) is 0. The molecular formula is C19H25N3O4. The molecule has 140 valence electrons. The number of aryl methyl sites for hydroxylation is 1. The molecule has 0 aliphatic heterocycles. The molecule has 26 heavy (non-hydrogen) atoms. The van der Waals surface area contributed by atoms with Crippen LogP contribution in [0.25, 0.3) is 11.1 Å². The lowest BCUT2D eigenvalue weighted by Crippen LogP contribution is -2.44. The van der Waals surface area contributed by atoms with E-state index in [1.165, 1.54) is 5.56 Å². The number of carboxylic acid groups (broad SMARTS) is 1. The zero-order valence-corrected chi connectivity index (χ0v) is 15.5. The van der Waals surface area contributed by atoms with Crippen molar-refractivity contribution in [3.63, 3.8) is 0 Å². The average Bonchev–Trinajstić information content (AvgIpc) is 3.00. The third-order valence-corrected chi connectivity index (χ3v) is 3.79. The van der Waals surface area contributed by atoms with Crippen LogP contribution in [0.1, 0.15) is 39.0 Å². The number of aromatic amines is 1. The number of hydrogen-bond donors (Lipinski definition) is 3. The van der Waals surface area contributed by atoms with Crippen LogP contribution in [0, 0.1) is 0 Å². The van der Waals surface area contributed by atoms with Crippen LogP contribution in [-0.4, -0.2) is 39.0 Å². The molecule has 1 atom stereocenters. The molecule has 3 N–H and O–H groups in total. The van der Waals surface area contributed by atoms with Gasteiger partial charge in [0, 0.05) is 17.7 Å². The van der Waals surface area contributed by atoms with E-state index >= 15 is 0 Å². The Morgan fingerprint density at radius 2 is 1.92 bits per heavy atom. The quantitative estimate of drug-likeness (QED) is 0.735. The number of nitrogens with zero attached hydrogens (tertiary/aromatic N) is 1. The van der Waals surface area contributed by atoms with Crippen molar-refractivity contribution >= 4 is 12.1 Å². The second kappa shape index (κ2) is 8.03. The van der Waals surface area contributed by atoms with E-state index in [9.17, 15) is 14.7 Å². The van der Waals surface area contributed by atoms with Crippen molar-refractivity contribution in [3.8, 4) is 11.1 Å². The Labute approximate surface area is 152 Å². The number of carboxylic acids is 1. The van der Waals surface area contributed by atoms with Gasteiger partial charge in [-0.25, -0.2) is 9.59 Å². The number of rotatable bonds is 6. The zero-order valence-electron chi connectivity index (χ0n) is 15.5. The first-order valence-corrected chi connectivity index (χ1v) is 8.53. The number of aromatic nitrogens is 2. The van der Waals surface area contributed by atoms with E-state index in [0.29, 0.717) is 5.69 Å². The molecule has 1 unspecified atom stereocenters. The molecule has 0 saturated carbocycles. The number of carbonyl (C=O) groups excluding carboxylic acids is 1. The van der Waals surface area contributed by atoms with Crippen molar-refractivity contribution in [2.24, 2.45) is 0 Å². The lowest BCUT2D eigenvalue weighted by Gasteiger charge is -2.22. The smallest absolute Gasteiger partial charge is 0.408 e. The third kappa shape index (κ3) is 5.34. The van der Waals surface area contributed by atoms with Gasteiger partial charge in [0.15, 0.2) is 0 Å². The summed E-state index contributed by atoms with van der Waals surface area (Å²) in [6, 6.07) is 6.88. The summed E-state index contributed by atoms with van der Waals surface area (Å²) in [6.07, 6.45) is 1.90. The van der Waals surface area contributed by atoms with Crippen LogP contribution in [-0.2, 0) is 22.4 Å². The van der Waals surface area contributed by atoms with Crippen molar-refractivity contribution in [1.82, 2.24) is 15.5 Å². The van der Waals surface area contributed by atoms with E-state index < -0.39 is 23.7 Å². The lowest BCUT2D eigenvalue weighted by atomic mass is 10.0. The molecular weight excluding hydrogens is 334 g/mol. The highest BCUT2D eigenvalue weighted by Gasteiger charge is 2.25. The maximum atomic E-state index is 11.9. The van der Waals surface area contributed by atoms with Crippen LogP contribution >= 0.6 is 0 Å². The van der Waals surface area contributed by atoms with E-state index in [1.807, 2.05) is 24.3 Å². The molecule has 1 aromatic carbocycles. The summed E-state index contributed by atoms with van der Waals surface area (Å²) in [5, 5.41) is 18.7. The topological polar surface area (TPSA) is 104 Å². The highest BCUT2D eigenvalue weighted by atomic mass is 16.6. The monoisotopic (exact) mass is 359 g/mol. The number of benzene rings is 1. The van der Waals surface area contributed by atoms with Crippen LogP contribution in [0.15, 0.2) is 30.5 Å². The SMILES string of the molecule is CCc1ccc(-c2cn[nH]c2CC(NC(=O)OC(C)(C)C)C(=O)O)cc1. The molecule has 7 nitrogen and oxygen atoms in total. The van der Waals surface area contributed by atoms with Gasteiger partial charge in [0.2, 0.25) is 0 Å². The summed E-state index contributed by atoms with van der Waals surface area (Å²) < 4.78 is 5.14. The molecule has 0 radical (unpaired) electrons. The fourth-order valence-electron chi connectivity index (χ4n) is 2.49. The van der Waals surface area contributed by atoms with Gasteiger partial charge in [-0.1, -0.05) is 31.2 Å². The molecule has 1 heterocycles. The largest absolute Gasteiger partial charge is 0.480 e. The van der Waals surface area contributed by atoms with Crippen molar-refractivity contribution in [1.29, 1.82) is 0 Å². The van der Waals surface area contributed by atoms with Crippen LogP contribution in [0.4, 0.5) is 4.79 Å². The van der Waals surface area contributed by atoms with Crippen molar-refractivity contribution in [3.05, 3.63) is 41.7 Å². The van der Waals surface area contributed by atoms with Crippen molar-refractivity contribution in [2.75, 3.05) is 0 Å². The van der Waals surface area contributed by atoms with Crippen LogP contribution in [0.3, 0.4) is 0 Å². The summed E-state index contributed by atoms with van der Waals surface area (Å²) in [5.74, 6) is -1.14. The molecule has 0 aliphatic rings. The maximum absolute atomic E-state index is 11.9. The molecule has 0 saturated heterocycles. The molecule has 0 bridgehead atoms. The molecule has 1 amide bonds. The van der Waals surface area contributed by atoms with E-state index in [-0.39, 0.29) is 6.42 Å². The molecule has 1 aromatic heterocycles. The van der Waals surface area contributed by atoms with Gasteiger partial charge < -0.3 is 15.2 Å². The van der Waals surface area contributed by atoms with Gasteiger partial charge in [0.05, 0.1) is 6.20 Å². The summed E-state index contributed by atoms with van der Waals surface area (Å²) in [5.41, 5.74) is 2.90. The fraction of sp³-hybridized carbons (Fsp3) is 0.421. The van der Waals surface area contributed by atoms with Gasteiger partial charge in [-0.15, -0.1) is 0 Å². The number of hydrogen-bond acceptors (Lipinski definition) is 4. The minimum absolute atomic E-state index is 0.0689. The van der Waals surface area contributed by atoms with E-state index in [4.69, 9.17) is 4.74 Å². The van der Waals surface area contributed by atoms with Crippen molar-refractivity contribution in [2.45, 2.75) is 52.2 Å². The number of amides is 1. The predicted octanol–water partition coefficient (Wildman–Crippen LogP) is 3.16. The second-order valence-corrected chi connectivity index (χ2v) is 7.05. The Bertz CT molecular complexity index is 760. The Kier molecular flexibility index (Phi) is 6.02. The highest BCUT2D eigenvalue weighted by Crippen LogP contribution is 2.23. The first kappa shape index (κ1) is 19.5. The Morgan fingerprint density at radius 3 is 2.46 bits per heavy atom. The van der Waals surface area contributed by atoms with Gasteiger partial charge in [-0.2, -0.15) is 5.10 Å². The predicted molar refractivity (Wildman–Crippen MR) is 97.9 cm³/mol. The first-order valence-electron chi connectivity index (χ1n) is 8.53. The van der Waals surface area contributed by atoms with Crippen molar-refractivity contribution < 1.29 is 19.4 Å². The number of H-pyrrole nitrogens is 1. The molecule has 7 heteroatoms. The van der Waals surface area contributed by atoms with Gasteiger partial charge in [-0.05, 0) is 38.3 Å². The zero-order chi connectivity index (χ0) is 19.3. The van der Waals surface area contributed by atoms with Gasteiger partial charge in [-0.3, -0.25) is 5.10 Å². The standard InChI is InChI=1S/C19H25N3O4/c1-5-12-6-8-13(9-7-12)14-11-20-22-15(14)10-16(17(23)24)21-18(25)26-19(2,3)4/h6-9,11,16H,5,10H2,1-4H3,(H,20,22)(H,21,25)(H,23,24). The molecule has 2 aromatic rings. The normalized spacial score (nSPS) is 12.5. The van der Waals surface area contributed by atoms with Crippen LogP contribution in [0.5, 0.6) is 0 Å². The number of alkyl carbamates (subject to hydrolysis) is 1. The number of ether oxygens (including phenoxy) is 1. The van der Waals surface area contributed by atoms with Gasteiger partial charge >= 0.3 is 12.1 Å². The third-order valence-electron chi connectivity index (χ3n) is 3.79. The minimum Gasteiger partial charge on any atom is -0.480 e. The highest BCUT2D eigenvalue weighted by molar-refractivity contribution is 5.80. The summed E-state index contributed by atoms with van der Waals surface area (Å²) in [4.78, 5) is 23.5. The number of aliphatic carboxylic acids is 1. The molecule has 0 aliphatic carbocycles. The number of carbonyl (C=O) groups is 2. The van der Waals surface area contributed by atoms with E-state index in [2.05, 4.69) is 22.4 Å². The Hall–Kier alpha value is -2.83. The average molecular weight is 359 g/mol. The van der Waals surface area contributed by atoms with Gasteiger partial charge in [0.1, 0.15) is 11.6 Å². The van der Waals surface area contributed by atoms with Crippen LogP contribution < -0.4 is 5.32 Å². The minimum atomic E-state index is -1.14. The summed E-state index contributed by atoms with van der Waals surface area (Å²) in [6.45, 7) is 7.23. The van der Waals surface area contributed by atoms with Crippen LogP contribution in [0.2, 0.25) is 0 Å². The van der Waals surface area contributed by atoms with Gasteiger partial charge in [0.25, 0.3) is 0 Å². The maximum Gasteiger partial charge on any atom is 0.408 e. The molecule has 0 fully saturated rings. The van der Waals surface area contributed by atoms with E-state index in [1.54, 1.807) is 27.0 Å². The Morgan fingerprint density at radius 1 is 1.27 bits per heavy atom.